The van der Waals surface area contributed by atoms with Crippen molar-refractivity contribution in [1.29, 1.82) is 0 Å². The Kier molecular flexibility index (Phi) is 4.45. The number of carboxylic acid groups (broad SMARTS) is 1. The van der Waals surface area contributed by atoms with Crippen LogP contribution in [-0.2, 0) is 25.4 Å². The van der Waals surface area contributed by atoms with E-state index in [1.165, 1.54) is 11.6 Å². The number of carbonyl (C=O) groups is 1. The normalized spacial score (nSPS) is 11.5. The van der Waals surface area contributed by atoms with Gasteiger partial charge in [0.15, 0.2) is 16.3 Å². The third-order valence-electron chi connectivity index (χ3n) is 3.19. The summed E-state index contributed by atoms with van der Waals surface area (Å²) in [5, 5.41) is 9.28. The van der Waals surface area contributed by atoms with Crippen molar-refractivity contribution in [2.75, 3.05) is 5.75 Å². The Bertz CT molecular complexity index is 846. The minimum Gasteiger partial charge on any atom is -0.481 e. The first kappa shape index (κ1) is 16.3. The van der Waals surface area contributed by atoms with E-state index in [4.69, 9.17) is 5.11 Å². The highest BCUT2D eigenvalue weighted by Gasteiger charge is 2.20. The molecule has 0 amide bonds. The average Bonchev–Trinajstić information content (AvgIpc) is 2.78. The number of imidazole rings is 1. The maximum Gasteiger partial charge on any atom is 0.332 e. The van der Waals surface area contributed by atoms with E-state index in [-0.39, 0.29) is 17.3 Å². The van der Waals surface area contributed by atoms with Gasteiger partial charge in [0.1, 0.15) is 0 Å². The minimum absolute atomic E-state index is 0.157. The van der Waals surface area contributed by atoms with Crippen LogP contribution in [0.3, 0.4) is 0 Å². The topological polar surface area (TPSA) is 99.1 Å². The summed E-state index contributed by atoms with van der Waals surface area (Å²) in [5.74, 6) is -0.881. The summed E-state index contributed by atoms with van der Waals surface area (Å²) in [5.41, 5.74) is -0.275. The molecule has 0 aromatic carbocycles. The SMILES string of the molecule is CC(C)Cn1c(SCC(=O)O)nc2c1c(=O)n(C)c(=O)n2C. The number of aryl methyl sites for hydroxylation is 1. The Labute approximate surface area is 130 Å². The van der Waals surface area contributed by atoms with Gasteiger partial charge in [0.2, 0.25) is 0 Å². The molecule has 0 aliphatic carbocycles. The Hall–Kier alpha value is -2.03. The monoisotopic (exact) mass is 326 g/mol. The van der Waals surface area contributed by atoms with Crippen LogP contribution in [0.2, 0.25) is 0 Å². The van der Waals surface area contributed by atoms with E-state index in [2.05, 4.69) is 4.98 Å². The largest absolute Gasteiger partial charge is 0.481 e. The summed E-state index contributed by atoms with van der Waals surface area (Å²) < 4.78 is 4.04. The maximum atomic E-state index is 12.4. The van der Waals surface area contributed by atoms with Gasteiger partial charge in [-0.1, -0.05) is 25.6 Å². The van der Waals surface area contributed by atoms with Gasteiger partial charge in [-0.25, -0.2) is 9.78 Å². The molecule has 0 saturated heterocycles. The van der Waals surface area contributed by atoms with E-state index in [1.807, 2.05) is 13.8 Å². The Morgan fingerprint density at radius 1 is 1.27 bits per heavy atom. The Morgan fingerprint density at radius 2 is 1.91 bits per heavy atom. The van der Waals surface area contributed by atoms with Gasteiger partial charge in [-0.15, -0.1) is 0 Å². The molecule has 22 heavy (non-hydrogen) atoms. The molecule has 0 fully saturated rings. The number of carboxylic acids is 1. The van der Waals surface area contributed by atoms with Crippen molar-refractivity contribution in [3.05, 3.63) is 20.8 Å². The van der Waals surface area contributed by atoms with E-state index in [0.717, 1.165) is 16.3 Å². The van der Waals surface area contributed by atoms with Gasteiger partial charge < -0.3 is 9.67 Å². The molecule has 8 nitrogen and oxygen atoms in total. The van der Waals surface area contributed by atoms with Crippen molar-refractivity contribution in [1.82, 2.24) is 18.7 Å². The first-order chi connectivity index (χ1) is 10.2. The summed E-state index contributed by atoms with van der Waals surface area (Å²) in [4.78, 5) is 39.5. The van der Waals surface area contributed by atoms with Crippen molar-refractivity contribution in [2.24, 2.45) is 20.0 Å². The van der Waals surface area contributed by atoms with Crippen LogP contribution in [0.1, 0.15) is 13.8 Å². The lowest BCUT2D eigenvalue weighted by Crippen LogP contribution is -2.37. The molecule has 0 saturated carbocycles. The van der Waals surface area contributed by atoms with Crippen LogP contribution in [0.4, 0.5) is 0 Å². The lowest BCUT2D eigenvalue weighted by molar-refractivity contribution is -0.133. The van der Waals surface area contributed by atoms with Gasteiger partial charge in [0.25, 0.3) is 5.56 Å². The summed E-state index contributed by atoms with van der Waals surface area (Å²) in [6.45, 7) is 4.50. The van der Waals surface area contributed by atoms with E-state index in [0.29, 0.717) is 17.2 Å². The molecule has 9 heteroatoms. The zero-order chi connectivity index (χ0) is 16.6. The standard InChI is InChI=1S/C13H18N4O4S/c1-7(2)5-17-9-10(14-12(17)22-6-8(18)19)15(3)13(21)16(4)11(9)20/h7H,5-6H2,1-4H3,(H,18,19). The van der Waals surface area contributed by atoms with Gasteiger partial charge >= 0.3 is 11.7 Å². The highest BCUT2D eigenvalue weighted by molar-refractivity contribution is 7.99. The maximum absolute atomic E-state index is 12.4. The molecule has 0 unspecified atom stereocenters. The zero-order valence-electron chi connectivity index (χ0n) is 12.9. The quantitative estimate of drug-likeness (QED) is 0.792. The summed E-state index contributed by atoms with van der Waals surface area (Å²) in [6.07, 6.45) is 0. The van der Waals surface area contributed by atoms with Crippen molar-refractivity contribution in [3.63, 3.8) is 0 Å². The van der Waals surface area contributed by atoms with Crippen molar-refractivity contribution in [2.45, 2.75) is 25.5 Å². The van der Waals surface area contributed by atoms with Crippen molar-refractivity contribution in [3.8, 4) is 0 Å². The molecule has 2 aromatic heterocycles. The van der Waals surface area contributed by atoms with Gasteiger partial charge in [-0.05, 0) is 5.92 Å². The molecule has 0 atom stereocenters. The van der Waals surface area contributed by atoms with Crippen LogP contribution in [0, 0.1) is 5.92 Å². The first-order valence-corrected chi connectivity index (χ1v) is 7.73. The van der Waals surface area contributed by atoms with Crippen molar-refractivity contribution < 1.29 is 9.90 Å². The fourth-order valence-electron chi connectivity index (χ4n) is 2.20. The number of fused-ring (bicyclic) bond motifs is 1. The van der Waals surface area contributed by atoms with Gasteiger partial charge in [-0.3, -0.25) is 18.7 Å². The molecule has 0 radical (unpaired) electrons. The molecule has 2 aromatic rings. The van der Waals surface area contributed by atoms with E-state index in [9.17, 15) is 14.4 Å². The molecule has 0 spiro atoms. The predicted octanol–water partition coefficient (Wildman–Crippen LogP) is 0.266. The van der Waals surface area contributed by atoms with E-state index >= 15 is 0 Å². The second-order valence-corrected chi connectivity index (χ2v) is 6.40. The fourth-order valence-corrected chi connectivity index (χ4v) is 2.92. The van der Waals surface area contributed by atoms with Crippen LogP contribution < -0.4 is 11.2 Å². The summed E-state index contributed by atoms with van der Waals surface area (Å²) >= 11 is 1.04. The lowest BCUT2D eigenvalue weighted by atomic mass is 10.2. The number of aromatic nitrogens is 4. The lowest BCUT2D eigenvalue weighted by Gasteiger charge is -2.11. The van der Waals surface area contributed by atoms with Crippen LogP contribution in [-0.4, -0.2) is 35.5 Å². The number of hydrogen-bond donors (Lipinski definition) is 1. The number of hydrogen-bond acceptors (Lipinski definition) is 5. The molecular weight excluding hydrogens is 308 g/mol. The third-order valence-corrected chi connectivity index (χ3v) is 4.15. The van der Waals surface area contributed by atoms with Crippen LogP contribution in [0.15, 0.2) is 14.7 Å². The number of aliphatic carboxylic acids is 1. The molecule has 120 valence electrons. The first-order valence-electron chi connectivity index (χ1n) is 6.74. The fraction of sp³-hybridized carbons (Fsp3) is 0.538. The summed E-state index contributed by atoms with van der Waals surface area (Å²) in [6, 6.07) is 0. The molecule has 0 bridgehead atoms. The van der Waals surface area contributed by atoms with Crippen LogP contribution in [0.25, 0.3) is 11.2 Å². The predicted molar refractivity (Wildman–Crippen MR) is 83.4 cm³/mol. The van der Waals surface area contributed by atoms with E-state index < -0.39 is 17.2 Å². The van der Waals surface area contributed by atoms with Crippen molar-refractivity contribution >= 4 is 28.9 Å². The number of nitrogens with zero attached hydrogens (tertiary/aromatic N) is 4. The molecule has 1 N–H and O–H groups in total. The molecular formula is C13H18N4O4S. The number of rotatable bonds is 5. The smallest absolute Gasteiger partial charge is 0.332 e. The third kappa shape index (κ3) is 2.80. The molecule has 2 rings (SSSR count). The summed E-state index contributed by atoms with van der Waals surface area (Å²) in [7, 11) is 2.96. The van der Waals surface area contributed by atoms with Gasteiger partial charge in [-0.2, -0.15) is 0 Å². The van der Waals surface area contributed by atoms with Crippen LogP contribution in [0.5, 0.6) is 0 Å². The highest BCUT2D eigenvalue weighted by atomic mass is 32.2. The highest BCUT2D eigenvalue weighted by Crippen LogP contribution is 2.22. The van der Waals surface area contributed by atoms with Gasteiger partial charge in [0, 0.05) is 20.6 Å². The van der Waals surface area contributed by atoms with Crippen LogP contribution >= 0.6 is 11.8 Å². The second kappa shape index (κ2) is 5.99. The average molecular weight is 326 g/mol. The second-order valence-electron chi connectivity index (χ2n) is 5.46. The minimum atomic E-state index is -0.963. The molecule has 2 heterocycles. The Balaban J connectivity index is 2.77. The molecule has 0 aliphatic heterocycles. The molecule has 0 aliphatic rings. The van der Waals surface area contributed by atoms with E-state index in [1.54, 1.807) is 11.6 Å². The van der Waals surface area contributed by atoms with Gasteiger partial charge in [0.05, 0.1) is 5.75 Å². The number of thioether (sulfide) groups is 1. The Morgan fingerprint density at radius 3 is 2.45 bits per heavy atom. The zero-order valence-corrected chi connectivity index (χ0v) is 13.7.